The number of aryl methyl sites for hydroxylation is 1. The smallest absolute Gasteiger partial charge is 0.265 e. The number of nitrogens with zero attached hydrogens (tertiary/aromatic N) is 1. The zero-order chi connectivity index (χ0) is 21.1. The number of fused-ring (bicyclic) bond motifs is 1. The van der Waals surface area contributed by atoms with E-state index >= 15 is 0 Å². The summed E-state index contributed by atoms with van der Waals surface area (Å²) in [6.45, 7) is 2.45. The highest BCUT2D eigenvalue weighted by Gasteiger charge is 2.26. The highest BCUT2D eigenvalue weighted by Crippen LogP contribution is 2.35. The fourth-order valence-corrected chi connectivity index (χ4v) is 3.30. The van der Waals surface area contributed by atoms with Gasteiger partial charge in [-0.2, -0.15) is 0 Å². The lowest BCUT2D eigenvalue weighted by atomic mass is 10.1. The van der Waals surface area contributed by atoms with Crippen molar-refractivity contribution in [3.63, 3.8) is 0 Å². The van der Waals surface area contributed by atoms with Gasteiger partial charge in [0.05, 0.1) is 19.3 Å². The predicted octanol–water partition coefficient (Wildman–Crippen LogP) is 4.18. The first-order chi connectivity index (χ1) is 14.5. The van der Waals surface area contributed by atoms with Crippen molar-refractivity contribution in [2.45, 2.75) is 13.5 Å². The van der Waals surface area contributed by atoms with Gasteiger partial charge in [0.1, 0.15) is 11.5 Å². The monoisotopic (exact) mass is 402 g/mol. The molecule has 3 aromatic carbocycles. The van der Waals surface area contributed by atoms with E-state index in [4.69, 9.17) is 9.47 Å². The Morgan fingerprint density at radius 1 is 1.10 bits per heavy atom. The van der Waals surface area contributed by atoms with Gasteiger partial charge >= 0.3 is 0 Å². The molecular weight excluding hydrogens is 380 g/mol. The lowest BCUT2D eigenvalue weighted by Crippen LogP contribution is -2.38. The van der Waals surface area contributed by atoms with Gasteiger partial charge in [-0.3, -0.25) is 9.59 Å². The van der Waals surface area contributed by atoms with E-state index in [0.717, 1.165) is 11.1 Å². The molecule has 0 atom stereocenters. The molecule has 1 N–H and O–H groups in total. The van der Waals surface area contributed by atoms with E-state index in [0.29, 0.717) is 35.0 Å². The lowest BCUT2D eigenvalue weighted by Gasteiger charge is -2.30. The van der Waals surface area contributed by atoms with Gasteiger partial charge in [-0.25, -0.2) is 0 Å². The number of nitrogens with one attached hydrogen (secondary N) is 1. The normalized spacial score (nSPS) is 12.7. The van der Waals surface area contributed by atoms with Crippen LogP contribution in [0.3, 0.4) is 0 Å². The van der Waals surface area contributed by atoms with Gasteiger partial charge < -0.3 is 19.7 Å². The third-order valence-electron chi connectivity index (χ3n) is 4.95. The minimum absolute atomic E-state index is 0.00558. The molecule has 1 aliphatic heterocycles. The van der Waals surface area contributed by atoms with Crippen LogP contribution in [0.4, 0.5) is 11.4 Å². The molecule has 0 unspecified atom stereocenters. The number of methoxy groups -OCH3 is 1. The summed E-state index contributed by atoms with van der Waals surface area (Å²) in [5, 5.41) is 2.88. The Morgan fingerprint density at radius 3 is 2.67 bits per heavy atom. The molecule has 1 aliphatic rings. The van der Waals surface area contributed by atoms with Crippen LogP contribution in [0.15, 0.2) is 66.7 Å². The van der Waals surface area contributed by atoms with E-state index in [1.54, 1.807) is 54.5 Å². The largest absolute Gasteiger partial charge is 0.497 e. The van der Waals surface area contributed by atoms with Gasteiger partial charge in [0.15, 0.2) is 6.61 Å². The third kappa shape index (κ3) is 4.12. The molecule has 6 nitrogen and oxygen atoms in total. The van der Waals surface area contributed by atoms with Gasteiger partial charge in [-0.15, -0.1) is 0 Å². The van der Waals surface area contributed by atoms with Gasteiger partial charge in [-0.05, 0) is 48.9 Å². The number of carbonyl (C=O) groups excluding carboxylic acids is 2. The Morgan fingerprint density at radius 2 is 1.90 bits per heavy atom. The summed E-state index contributed by atoms with van der Waals surface area (Å²) >= 11 is 0. The van der Waals surface area contributed by atoms with Crippen molar-refractivity contribution in [1.82, 2.24) is 0 Å². The second-order valence-corrected chi connectivity index (χ2v) is 7.12. The quantitative estimate of drug-likeness (QED) is 0.695. The molecule has 6 heteroatoms. The Labute approximate surface area is 175 Å². The first-order valence-electron chi connectivity index (χ1n) is 9.61. The number of amides is 2. The first kappa shape index (κ1) is 19.5. The average molecular weight is 402 g/mol. The standard InChI is InChI=1S/C24H22N2O4/c1-16-6-8-17(9-7-16)14-26-21-13-19(10-11-22(21)30-15-23(26)27)25-24(28)18-4-3-5-20(12-18)29-2/h3-13H,14-15H2,1-2H3,(H,25,28). The topological polar surface area (TPSA) is 67.9 Å². The molecule has 3 aromatic rings. The summed E-state index contributed by atoms with van der Waals surface area (Å²) in [6.07, 6.45) is 0. The maximum atomic E-state index is 12.6. The van der Waals surface area contributed by atoms with Crippen LogP contribution in [-0.2, 0) is 11.3 Å². The Kier molecular flexibility index (Phi) is 5.39. The van der Waals surface area contributed by atoms with E-state index in [9.17, 15) is 9.59 Å². The SMILES string of the molecule is COc1cccc(C(=O)Nc2ccc3c(c2)N(Cc2ccc(C)cc2)C(=O)CO3)c1. The molecular formula is C24H22N2O4. The van der Waals surface area contributed by atoms with Gasteiger partial charge in [-0.1, -0.05) is 35.9 Å². The van der Waals surface area contributed by atoms with Crippen LogP contribution in [0.25, 0.3) is 0 Å². The molecule has 0 fully saturated rings. The van der Waals surface area contributed by atoms with Crippen molar-refractivity contribution < 1.29 is 19.1 Å². The number of rotatable bonds is 5. The second kappa shape index (κ2) is 8.29. The van der Waals surface area contributed by atoms with Crippen LogP contribution in [0.1, 0.15) is 21.5 Å². The van der Waals surface area contributed by atoms with E-state index in [-0.39, 0.29) is 18.4 Å². The Balaban J connectivity index is 1.59. The fraction of sp³-hybridized carbons (Fsp3) is 0.167. The second-order valence-electron chi connectivity index (χ2n) is 7.12. The molecule has 0 saturated heterocycles. The molecule has 0 saturated carbocycles. The third-order valence-corrected chi connectivity index (χ3v) is 4.95. The van der Waals surface area contributed by atoms with Crippen molar-refractivity contribution in [2.24, 2.45) is 0 Å². The zero-order valence-corrected chi connectivity index (χ0v) is 16.8. The number of hydrogen-bond acceptors (Lipinski definition) is 4. The van der Waals surface area contributed by atoms with Crippen LogP contribution in [-0.4, -0.2) is 25.5 Å². The number of anilines is 2. The number of benzene rings is 3. The van der Waals surface area contributed by atoms with E-state index in [2.05, 4.69) is 5.32 Å². The molecule has 2 amide bonds. The summed E-state index contributed by atoms with van der Waals surface area (Å²) in [5.74, 6) is 0.832. The summed E-state index contributed by atoms with van der Waals surface area (Å²) in [4.78, 5) is 26.9. The fourth-order valence-electron chi connectivity index (χ4n) is 3.30. The summed E-state index contributed by atoms with van der Waals surface area (Å²) in [7, 11) is 1.56. The molecule has 4 rings (SSSR count). The van der Waals surface area contributed by atoms with Crippen LogP contribution in [0.5, 0.6) is 11.5 Å². The molecule has 0 spiro atoms. The van der Waals surface area contributed by atoms with Gasteiger partial charge in [0.2, 0.25) is 0 Å². The van der Waals surface area contributed by atoms with Crippen LogP contribution in [0.2, 0.25) is 0 Å². The van der Waals surface area contributed by atoms with Gasteiger partial charge in [0.25, 0.3) is 11.8 Å². The molecule has 1 heterocycles. The molecule has 152 valence electrons. The first-order valence-corrected chi connectivity index (χ1v) is 9.61. The Bertz CT molecular complexity index is 1090. The summed E-state index contributed by atoms with van der Waals surface area (Å²) < 4.78 is 10.8. The van der Waals surface area contributed by atoms with E-state index in [1.807, 2.05) is 31.2 Å². The zero-order valence-electron chi connectivity index (χ0n) is 16.8. The maximum Gasteiger partial charge on any atom is 0.265 e. The Hall–Kier alpha value is -3.80. The number of hydrogen-bond donors (Lipinski definition) is 1. The minimum Gasteiger partial charge on any atom is -0.497 e. The highest BCUT2D eigenvalue weighted by molar-refractivity contribution is 6.05. The number of carbonyl (C=O) groups is 2. The van der Waals surface area contributed by atoms with Crippen molar-refractivity contribution in [2.75, 3.05) is 23.9 Å². The average Bonchev–Trinajstić information content (AvgIpc) is 2.77. The van der Waals surface area contributed by atoms with Gasteiger partial charge in [0, 0.05) is 11.3 Å². The van der Waals surface area contributed by atoms with E-state index < -0.39 is 0 Å². The highest BCUT2D eigenvalue weighted by atomic mass is 16.5. The van der Waals surface area contributed by atoms with Crippen LogP contribution >= 0.6 is 0 Å². The molecule has 0 aliphatic carbocycles. The van der Waals surface area contributed by atoms with Crippen molar-refractivity contribution in [3.8, 4) is 11.5 Å². The predicted molar refractivity (Wildman–Crippen MR) is 115 cm³/mol. The molecule has 30 heavy (non-hydrogen) atoms. The summed E-state index contributed by atoms with van der Waals surface area (Å²) in [5.41, 5.74) is 3.88. The molecule has 0 bridgehead atoms. The summed E-state index contributed by atoms with van der Waals surface area (Å²) in [6, 6.07) is 20.3. The van der Waals surface area contributed by atoms with Crippen molar-refractivity contribution >= 4 is 23.2 Å². The minimum atomic E-state index is -0.262. The van der Waals surface area contributed by atoms with Crippen molar-refractivity contribution in [3.05, 3.63) is 83.4 Å². The molecule has 0 radical (unpaired) electrons. The van der Waals surface area contributed by atoms with Crippen molar-refractivity contribution in [1.29, 1.82) is 0 Å². The van der Waals surface area contributed by atoms with Crippen LogP contribution < -0.4 is 19.7 Å². The number of ether oxygens (including phenoxy) is 2. The van der Waals surface area contributed by atoms with E-state index in [1.165, 1.54) is 0 Å². The lowest BCUT2D eigenvalue weighted by molar-refractivity contribution is -0.121. The van der Waals surface area contributed by atoms with Crippen LogP contribution in [0, 0.1) is 6.92 Å². The molecule has 0 aromatic heterocycles. The maximum absolute atomic E-state index is 12.6.